The molecule has 0 saturated heterocycles. The second kappa shape index (κ2) is 2.92. The van der Waals surface area contributed by atoms with Crippen LogP contribution >= 0.6 is 24.0 Å². The SMILES string of the molecule is O=c1cc(S)sc2ccccc12. The van der Waals surface area contributed by atoms with Crippen molar-refractivity contribution in [1.29, 1.82) is 0 Å². The van der Waals surface area contributed by atoms with E-state index >= 15 is 0 Å². The van der Waals surface area contributed by atoms with E-state index in [2.05, 4.69) is 12.6 Å². The van der Waals surface area contributed by atoms with Gasteiger partial charge in [-0.1, -0.05) is 12.1 Å². The summed E-state index contributed by atoms with van der Waals surface area (Å²) in [5.74, 6) is 0. The molecule has 1 nitrogen and oxygen atoms in total. The van der Waals surface area contributed by atoms with E-state index in [4.69, 9.17) is 0 Å². The van der Waals surface area contributed by atoms with E-state index in [1.807, 2.05) is 24.3 Å². The number of hydrogen-bond donors (Lipinski definition) is 1. The molecule has 0 radical (unpaired) electrons. The van der Waals surface area contributed by atoms with Gasteiger partial charge >= 0.3 is 0 Å². The zero-order chi connectivity index (χ0) is 8.55. The topological polar surface area (TPSA) is 17.1 Å². The molecule has 0 saturated carbocycles. The summed E-state index contributed by atoms with van der Waals surface area (Å²) in [7, 11) is 0. The third kappa shape index (κ3) is 1.26. The molecular formula is C9H6OS2. The molecule has 2 aromatic rings. The van der Waals surface area contributed by atoms with Crippen molar-refractivity contribution < 1.29 is 0 Å². The minimum atomic E-state index is 0.0503. The summed E-state index contributed by atoms with van der Waals surface area (Å²) in [6, 6.07) is 9.11. The Morgan fingerprint density at radius 1 is 1.25 bits per heavy atom. The van der Waals surface area contributed by atoms with Crippen LogP contribution < -0.4 is 5.43 Å². The van der Waals surface area contributed by atoms with Crippen LogP contribution in [-0.4, -0.2) is 0 Å². The van der Waals surface area contributed by atoms with Gasteiger partial charge in [-0.2, -0.15) is 0 Å². The number of thiol groups is 1. The summed E-state index contributed by atoms with van der Waals surface area (Å²) in [6.07, 6.45) is 0. The lowest BCUT2D eigenvalue weighted by Gasteiger charge is -1.94. The van der Waals surface area contributed by atoms with Gasteiger partial charge in [0.25, 0.3) is 0 Å². The van der Waals surface area contributed by atoms with E-state index in [1.54, 1.807) is 6.07 Å². The van der Waals surface area contributed by atoms with E-state index in [-0.39, 0.29) is 5.43 Å². The first-order chi connectivity index (χ1) is 5.77. The number of hydrogen-bond acceptors (Lipinski definition) is 3. The van der Waals surface area contributed by atoms with E-state index in [1.165, 1.54) is 11.3 Å². The van der Waals surface area contributed by atoms with E-state index < -0.39 is 0 Å². The van der Waals surface area contributed by atoms with Gasteiger partial charge in [-0.05, 0) is 12.1 Å². The van der Waals surface area contributed by atoms with Crippen molar-refractivity contribution in [2.45, 2.75) is 4.21 Å². The van der Waals surface area contributed by atoms with Gasteiger partial charge in [0, 0.05) is 16.2 Å². The minimum absolute atomic E-state index is 0.0503. The molecule has 1 heterocycles. The smallest absolute Gasteiger partial charge is 0.189 e. The maximum Gasteiger partial charge on any atom is 0.189 e. The molecule has 0 unspecified atom stereocenters. The van der Waals surface area contributed by atoms with Crippen LogP contribution in [0, 0.1) is 0 Å². The Kier molecular flexibility index (Phi) is 1.90. The highest BCUT2D eigenvalue weighted by Crippen LogP contribution is 2.20. The van der Waals surface area contributed by atoms with Crippen molar-refractivity contribution in [3.63, 3.8) is 0 Å². The Hall–Kier alpha value is -0.800. The Labute approximate surface area is 79.1 Å². The van der Waals surface area contributed by atoms with Crippen molar-refractivity contribution >= 4 is 34.1 Å². The molecule has 1 aromatic carbocycles. The molecule has 0 fully saturated rings. The first-order valence-electron chi connectivity index (χ1n) is 3.49. The Balaban J connectivity index is 2.99. The molecule has 60 valence electrons. The van der Waals surface area contributed by atoms with E-state index in [9.17, 15) is 4.79 Å². The zero-order valence-corrected chi connectivity index (χ0v) is 7.86. The lowest BCUT2D eigenvalue weighted by molar-refractivity contribution is 1.61. The molecule has 0 bridgehead atoms. The highest BCUT2D eigenvalue weighted by atomic mass is 32.2. The molecule has 0 spiro atoms. The molecule has 0 atom stereocenters. The first-order valence-corrected chi connectivity index (χ1v) is 4.75. The summed E-state index contributed by atoms with van der Waals surface area (Å²) in [5, 5.41) is 0.778. The van der Waals surface area contributed by atoms with Gasteiger partial charge in [-0.3, -0.25) is 4.79 Å². The predicted molar refractivity (Wildman–Crippen MR) is 55.3 cm³/mol. The maximum atomic E-state index is 11.4. The highest BCUT2D eigenvalue weighted by molar-refractivity contribution is 7.83. The fourth-order valence-electron chi connectivity index (χ4n) is 1.09. The van der Waals surface area contributed by atoms with Crippen LogP contribution in [0.25, 0.3) is 10.1 Å². The van der Waals surface area contributed by atoms with Crippen molar-refractivity contribution in [3.8, 4) is 0 Å². The van der Waals surface area contributed by atoms with Crippen LogP contribution in [0.5, 0.6) is 0 Å². The molecule has 3 heteroatoms. The van der Waals surface area contributed by atoms with Crippen LogP contribution in [-0.2, 0) is 0 Å². The molecule has 0 aliphatic heterocycles. The van der Waals surface area contributed by atoms with Crippen LogP contribution in [0.15, 0.2) is 39.3 Å². The van der Waals surface area contributed by atoms with Crippen molar-refractivity contribution in [1.82, 2.24) is 0 Å². The molecule has 0 aliphatic carbocycles. The summed E-state index contributed by atoms with van der Waals surface area (Å²) >= 11 is 5.67. The lowest BCUT2D eigenvalue weighted by Crippen LogP contribution is -1.96. The highest BCUT2D eigenvalue weighted by Gasteiger charge is 1.97. The molecule has 0 N–H and O–H groups in total. The molecule has 0 amide bonds. The third-order valence-corrected chi connectivity index (χ3v) is 2.93. The van der Waals surface area contributed by atoms with Gasteiger partial charge in [-0.25, -0.2) is 0 Å². The zero-order valence-electron chi connectivity index (χ0n) is 6.15. The normalized spacial score (nSPS) is 10.4. The van der Waals surface area contributed by atoms with Gasteiger partial charge < -0.3 is 0 Å². The van der Waals surface area contributed by atoms with Gasteiger partial charge in [-0.15, -0.1) is 24.0 Å². The molecule has 12 heavy (non-hydrogen) atoms. The Morgan fingerprint density at radius 2 is 2.00 bits per heavy atom. The van der Waals surface area contributed by atoms with Crippen molar-refractivity contribution in [2.24, 2.45) is 0 Å². The van der Waals surface area contributed by atoms with Gasteiger partial charge in [0.2, 0.25) is 0 Å². The number of fused-ring (bicyclic) bond motifs is 1. The van der Waals surface area contributed by atoms with Crippen LogP contribution in [0.3, 0.4) is 0 Å². The number of rotatable bonds is 0. The Morgan fingerprint density at radius 3 is 2.83 bits per heavy atom. The van der Waals surface area contributed by atoms with Crippen LogP contribution in [0.1, 0.15) is 0 Å². The van der Waals surface area contributed by atoms with Crippen LogP contribution in [0.4, 0.5) is 0 Å². The summed E-state index contributed by atoms with van der Waals surface area (Å²) in [6.45, 7) is 0. The lowest BCUT2D eigenvalue weighted by atomic mass is 10.2. The van der Waals surface area contributed by atoms with Crippen LogP contribution in [0.2, 0.25) is 0 Å². The third-order valence-electron chi connectivity index (χ3n) is 1.62. The molecule has 1 aromatic heterocycles. The molecular weight excluding hydrogens is 188 g/mol. The van der Waals surface area contributed by atoms with E-state index in [0.717, 1.165) is 14.3 Å². The molecule has 0 aliphatic rings. The second-order valence-corrected chi connectivity index (χ2v) is 4.31. The number of benzene rings is 1. The average molecular weight is 194 g/mol. The standard InChI is InChI=1S/C9H6OS2/c10-7-5-9(11)12-8-4-2-1-3-6(7)8/h1-5,11H. The quantitative estimate of drug-likeness (QED) is 0.638. The monoisotopic (exact) mass is 194 g/mol. The first kappa shape index (κ1) is 7.83. The van der Waals surface area contributed by atoms with E-state index in [0.29, 0.717) is 0 Å². The average Bonchev–Trinajstić information content (AvgIpc) is 2.04. The fourth-order valence-corrected chi connectivity index (χ4v) is 2.32. The summed E-state index contributed by atoms with van der Waals surface area (Å²) in [4.78, 5) is 11.4. The van der Waals surface area contributed by atoms with Crippen molar-refractivity contribution in [3.05, 3.63) is 40.6 Å². The minimum Gasteiger partial charge on any atom is -0.289 e. The predicted octanol–water partition coefficient (Wildman–Crippen LogP) is 2.55. The summed E-state index contributed by atoms with van der Waals surface area (Å²) in [5.41, 5.74) is 0.0503. The summed E-state index contributed by atoms with van der Waals surface area (Å²) < 4.78 is 1.76. The van der Waals surface area contributed by atoms with Gasteiger partial charge in [0.15, 0.2) is 5.43 Å². The van der Waals surface area contributed by atoms with Gasteiger partial charge in [0.05, 0.1) is 4.21 Å². The Bertz CT molecular complexity index is 473. The van der Waals surface area contributed by atoms with Gasteiger partial charge in [0.1, 0.15) is 0 Å². The maximum absolute atomic E-state index is 11.4. The second-order valence-electron chi connectivity index (χ2n) is 2.45. The largest absolute Gasteiger partial charge is 0.289 e. The molecule has 2 rings (SSSR count). The fraction of sp³-hybridized carbons (Fsp3) is 0. The van der Waals surface area contributed by atoms with Crippen molar-refractivity contribution in [2.75, 3.05) is 0 Å².